The van der Waals surface area contributed by atoms with Crippen molar-refractivity contribution in [2.45, 2.75) is 20.4 Å². The highest BCUT2D eigenvalue weighted by molar-refractivity contribution is 9.10. The van der Waals surface area contributed by atoms with Crippen molar-refractivity contribution in [2.75, 3.05) is 17.2 Å². The average Bonchev–Trinajstić information content (AvgIpc) is 2.69. The molecule has 0 unspecified atom stereocenters. The normalized spacial score (nSPS) is 10.4. The van der Waals surface area contributed by atoms with E-state index in [9.17, 15) is 4.79 Å². The highest BCUT2D eigenvalue weighted by atomic mass is 79.9. The first kappa shape index (κ1) is 20.0. The molecule has 1 amide bonds. The van der Waals surface area contributed by atoms with Gasteiger partial charge in [0.2, 0.25) is 0 Å². The minimum Gasteiger partial charge on any atom is -0.483 e. The van der Waals surface area contributed by atoms with Gasteiger partial charge in [0.05, 0.1) is 4.47 Å². The van der Waals surface area contributed by atoms with Crippen molar-refractivity contribution in [3.63, 3.8) is 0 Å². The van der Waals surface area contributed by atoms with Gasteiger partial charge in [0.25, 0.3) is 5.91 Å². The maximum Gasteiger partial charge on any atom is 0.262 e. The lowest BCUT2D eigenvalue weighted by Gasteiger charge is -2.12. The van der Waals surface area contributed by atoms with Gasteiger partial charge in [0, 0.05) is 17.9 Å². The van der Waals surface area contributed by atoms with Crippen molar-refractivity contribution in [1.82, 2.24) is 0 Å². The molecule has 28 heavy (non-hydrogen) atoms. The van der Waals surface area contributed by atoms with Gasteiger partial charge in [-0.2, -0.15) is 0 Å². The van der Waals surface area contributed by atoms with E-state index in [1.807, 2.05) is 80.6 Å². The third-order valence-corrected chi connectivity index (χ3v) is 4.91. The zero-order valence-corrected chi connectivity index (χ0v) is 17.5. The molecule has 0 saturated heterocycles. The van der Waals surface area contributed by atoms with Crippen LogP contribution in [0.3, 0.4) is 0 Å². The minimum absolute atomic E-state index is 0.0480. The largest absolute Gasteiger partial charge is 0.483 e. The second-order valence-electron chi connectivity index (χ2n) is 6.64. The number of carbonyl (C=O) groups is 1. The summed E-state index contributed by atoms with van der Waals surface area (Å²) in [6, 6.07) is 21.9. The van der Waals surface area contributed by atoms with Gasteiger partial charge in [0.1, 0.15) is 5.75 Å². The maximum absolute atomic E-state index is 12.2. The summed E-state index contributed by atoms with van der Waals surface area (Å²) in [5.74, 6) is 0.454. The zero-order chi connectivity index (χ0) is 19.9. The summed E-state index contributed by atoms with van der Waals surface area (Å²) >= 11 is 3.53. The molecule has 144 valence electrons. The Bertz CT molecular complexity index is 958. The van der Waals surface area contributed by atoms with Crippen molar-refractivity contribution in [3.05, 3.63) is 87.9 Å². The van der Waals surface area contributed by atoms with E-state index in [0.717, 1.165) is 32.5 Å². The third-order valence-electron chi connectivity index (χ3n) is 4.29. The van der Waals surface area contributed by atoms with E-state index in [4.69, 9.17) is 4.74 Å². The standard InChI is InChI=1S/C23H23BrN2O2/c1-16-8-9-17(2)21(12-16)26-23(27)15-28-22-11-10-18(13-20(22)24)14-25-19-6-4-3-5-7-19/h3-13,25H,14-15H2,1-2H3,(H,26,27). The molecule has 2 N–H and O–H groups in total. The molecule has 0 heterocycles. The van der Waals surface area contributed by atoms with Gasteiger partial charge < -0.3 is 15.4 Å². The second kappa shape index (κ2) is 9.42. The second-order valence-corrected chi connectivity index (χ2v) is 7.49. The fraction of sp³-hybridized carbons (Fsp3) is 0.174. The number of carbonyl (C=O) groups excluding carboxylic acids is 1. The molecule has 3 aromatic carbocycles. The molecule has 0 aromatic heterocycles. The van der Waals surface area contributed by atoms with Crippen molar-refractivity contribution in [3.8, 4) is 5.75 Å². The number of anilines is 2. The summed E-state index contributed by atoms with van der Waals surface area (Å²) in [7, 11) is 0. The lowest BCUT2D eigenvalue weighted by molar-refractivity contribution is -0.118. The molecule has 0 radical (unpaired) electrons. The number of hydrogen-bond acceptors (Lipinski definition) is 3. The Morgan fingerprint density at radius 3 is 2.54 bits per heavy atom. The number of hydrogen-bond donors (Lipinski definition) is 2. The summed E-state index contributed by atoms with van der Waals surface area (Å²) in [5.41, 5.74) is 5.12. The summed E-state index contributed by atoms with van der Waals surface area (Å²) in [5, 5.41) is 6.27. The van der Waals surface area contributed by atoms with Gasteiger partial charge in [-0.3, -0.25) is 4.79 Å². The Morgan fingerprint density at radius 1 is 1.00 bits per heavy atom. The molecular weight excluding hydrogens is 416 g/mol. The van der Waals surface area contributed by atoms with Gasteiger partial charge >= 0.3 is 0 Å². The Labute approximate surface area is 174 Å². The molecule has 0 atom stereocenters. The van der Waals surface area contributed by atoms with Gasteiger partial charge in [-0.25, -0.2) is 0 Å². The van der Waals surface area contributed by atoms with Crippen molar-refractivity contribution in [1.29, 1.82) is 0 Å². The molecule has 0 saturated carbocycles. The number of halogens is 1. The van der Waals surface area contributed by atoms with Crippen molar-refractivity contribution in [2.24, 2.45) is 0 Å². The first-order chi connectivity index (χ1) is 13.5. The number of benzene rings is 3. The molecule has 0 bridgehead atoms. The Balaban J connectivity index is 1.54. The predicted molar refractivity (Wildman–Crippen MR) is 118 cm³/mol. The molecular formula is C23H23BrN2O2. The van der Waals surface area contributed by atoms with E-state index in [0.29, 0.717) is 12.3 Å². The van der Waals surface area contributed by atoms with E-state index in [1.165, 1.54) is 0 Å². The van der Waals surface area contributed by atoms with Gasteiger partial charge in [-0.05, 0) is 76.8 Å². The van der Waals surface area contributed by atoms with Gasteiger partial charge in [0.15, 0.2) is 6.61 Å². The Morgan fingerprint density at radius 2 is 1.79 bits per heavy atom. The average molecular weight is 439 g/mol. The monoisotopic (exact) mass is 438 g/mol. The van der Waals surface area contributed by atoms with Crippen LogP contribution in [0, 0.1) is 13.8 Å². The lowest BCUT2D eigenvalue weighted by atomic mass is 10.1. The smallest absolute Gasteiger partial charge is 0.262 e. The van der Waals surface area contributed by atoms with E-state index in [2.05, 4.69) is 26.6 Å². The van der Waals surface area contributed by atoms with Crippen LogP contribution in [-0.4, -0.2) is 12.5 Å². The third kappa shape index (κ3) is 5.60. The molecule has 3 aromatic rings. The fourth-order valence-electron chi connectivity index (χ4n) is 2.73. The molecule has 4 nitrogen and oxygen atoms in total. The molecule has 0 aliphatic heterocycles. The topological polar surface area (TPSA) is 50.4 Å². The fourth-order valence-corrected chi connectivity index (χ4v) is 3.27. The van der Waals surface area contributed by atoms with Crippen LogP contribution in [0.4, 0.5) is 11.4 Å². The summed E-state index contributed by atoms with van der Waals surface area (Å²) < 4.78 is 6.50. The van der Waals surface area contributed by atoms with Crippen LogP contribution in [0.2, 0.25) is 0 Å². The first-order valence-electron chi connectivity index (χ1n) is 9.08. The van der Waals surface area contributed by atoms with E-state index < -0.39 is 0 Å². The van der Waals surface area contributed by atoms with Crippen molar-refractivity contribution < 1.29 is 9.53 Å². The van der Waals surface area contributed by atoms with Crippen LogP contribution in [0.15, 0.2) is 71.2 Å². The van der Waals surface area contributed by atoms with Crippen LogP contribution in [0.5, 0.6) is 5.75 Å². The SMILES string of the molecule is Cc1ccc(C)c(NC(=O)COc2ccc(CNc3ccccc3)cc2Br)c1. The molecule has 0 fully saturated rings. The number of para-hydroxylation sites is 1. The molecule has 0 aliphatic carbocycles. The van der Waals surface area contributed by atoms with Crippen LogP contribution >= 0.6 is 15.9 Å². The minimum atomic E-state index is -0.185. The number of aryl methyl sites for hydroxylation is 2. The molecule has 5 heteroatoms. The molecule has 0 aliphatic rings. The maximum atomic E-state index is 12.2. The Kier molecular flexibility index (Phi) is 6.71. The number of ether oxygens (including phenoxy) is 1. The van der Waals surface area contributed by atoms with E-state index >= 15 is 0 Å². The predicted octanol–water partition coefficient (Wildman–Crippen LogP) is 5.70. The van der Waals surface area contributed by atoms with Crippen LogP contribution in [0.1, 0.15) is 16.7 Å². The number of rotatable bonds is 7. The quantitative estimate of drug-likeness (QED) is 0.497. The van der Waals surface area contributed by atoms with Crippen LogP contribution < -0.4 is 15.4 Å². The van der Waals surface area contributed by atoms with Crippen molar-refractivity contribution >= 4 is 33.2 Å². The van der Waals surface area contributed by atoms with Crippen LogP contribution in [0.25, 0.3) is 0 Å². The zero-order valence-electron chi connectivity index (χ0n) is 16.0. The highest BCUT2D eigenvalue weighted by Crippen LogP contribution is 2.26. The number of amides is 1. The molecule has 3 rings (SSSR count). The van der Waals surface area contributed by atoms with Gasteiger partial charge in [-0.1, -0.05) is 36.4 Å². The highest BCUT2D eigenvalue weighted by Gasteiger charge is 2.09. The number of nitrogens with one attached hydrogen (secondary N) is 2. The van der Waals surface area contributed by atoms with E-state index in [-0.39, 0.29) is 12.5 Å². The summed E-state index contributed by atoms with van der Waals surface area (Å²) in [6.07, 6.45) is 0. The molecule has 0 spiro atoms. The summed E-state index contributed by atoms with van der Waals surface area (Å²) in [6.45, 7) is 4.62. The van der Waals surface area contributed by atoms with E-state index in [1.54, 1.807) is 0 Å². The van der Waals surface area contributed by atoms with Crippen LogP contribution in [-0.2, 0) is 11.3 Å². The summed E-state index contributed by atoms with van der Waals surface area (Å²) in [4.78, 5) is 12.2. The van der Waals surface area contributed by atoms with Gasteiger partial charge in [-0.15, -0.1) is 0 Å². The lowest BCUT2D eigenvalue weighted by Crippen LogP contribution is -2.20. The Hall–Kier alpha value is -2.79. The first-order valence-corrected chi connectivity index (χ1v) is 9.88.